The van der Waals surface area contributed by atoms with E-state index in [-0.39, 0.29) is 17.7 Å². The van der Waals surface area contributed by atoms with Gasteiger partial charge in [-0.3, -0.25) is 14.6 Å². The summed E-state index contributed by atoms with van der Waals surface area (Å²) in [6, 6.07) is 11.0. The van der Waals surface area contributed by atoms with Gasteiger partial charge < -0.3 is 15.0 Å². The lowest BCUT2D eigenvalue weighted by Gasteiger charge is -2.32. The quantitative estimate of drug-likeness (QED) is 0.856. The van der Waals surface area contributed by atoms with Crippen molar-refractivity contribution in [2.24, 2.45) is 0 Å². The maximum absolute atomic E-state index is 13.0. The number of piperidine rings is 1. The molecule has 1 saturated heterocycles. The number of carbonyl (C=O) groups excluding carboxylic acids is 2. The zero-order valence-corrected chi connectivity index (χ0v) is 16.7. The number of amides is 2. The molecule has 2 amide bonds. The second-order valence-electron chi connectivity index (χ2n) is 7.08. The van der Waals surface area contributed by atoms with Crippen molar-refractivity contribution < 1.29 is 14.3 Å². The van der Waals surface area contributed by atoms with Gasteiger partial charge in [-0.1, -0.05) is 13.0 Å². The summed E-state index contributed by atoms with van der Waals surface area (Å²) < 4.78 is 5.22. The molecule has 0 unspecified atom stereocenters. The van der Waals surface area contributed by atoms with E-state index in [0.717, 1.165) is 24.2 Å². The second kappa shape index (κ2) is 8.87. The molecule has 0 spiro atoms. The number of hydrogen-bond donors (Lipinski definition) is 1. The van der Waals surface area contributed by atoms with Crippen LogP contribution in [0, 0.1) is 6.92 Å². The molecule has 1 fully saturated rings. The molecule has 6 heteroatoms. The van der Waals surface area contributed by atoms with E-state index in [9.17, 15) is 9.59 Å². The minimum atomic E-state index is -0.178. The predicted molar refractivity (Wildman–Crippen MR) is 109 cm³/mol. The zero-order chi connectivity index (χ0) is 20.1. The molecule has 1 aliphatic rings. The monoisotopic (exact) mass is 381 g/mol. The fourth-order valence-electron chi connectivity index (χ4n) is 3.61. The average molecular weight is 381 g/mol. The molecule has 2 heterocycles. The Morgan fingerprint density at radius 2 is 1.96 bits per heavy atom. The lowest BCUT2D eigenvalue weighted by atomic mass is 9.89. The number of nitrogens with zero attached hydrogens (tertiary/aromatic N) is 2. The van der Waals surface area contributed by atoms with Gasteiger partial charge in [0, 0.05) is 42.9 Å². The molecule has 0 saturated carbocycles. The maximum atomic E-state index is 13.0. The molecule has 0 radical (unpaired) electrons. The highest BCUT2D eigenvalue weighted by atomic mass is 16.5. The molecule has 1 aliphatic heterocycles. The predicted octanol–water partition coefficient (Wildman–Crippen LogP) is 3.77. The molecule has 0 bridgehead atoms. The van der Waals surface area contributed by atoms with Crippen LogP contribution in [0.5, 0.6) is 5.75 Å². The number of carbonyl (C=O) groups is 2. The largest absolute Gasteiger partial charge is 0.497 e. The van der Waals surface area contributed by atoms with Gasteiger partial charge in [0.15, 0.2) is 0 Å². The second-order valence-corrected chi connectivity index (χ2v) is 7.08. The van der Waals surface area contributed by atoms with Crippen molar-refractivity contribution in [3.05, 3.63) is 53.3 Å². The Bertz CT molecular complexity index is 858. The summed E-state index contributed by atoms with van der Waals surface area (Å²) in [6.07, 6.45) is 2.17. The fraction of sp³-hybridized carbons (Fsp3) is 0.409. The summed E-state index contributed by atoms with van der Waals surface area (Å²) >= 11 is 0. The van der Waals surface area contributed by atoms with Crippen LogP contribution in [0.25, 0.3) is 0 Å². The molecular formula is C22H27N3O3. The molecule has 28 heavy (non-hydrogen) atoms. The van der Waals surface area contributed by atoms with Gasteiger partial charge in [0.05, 0.1) is 18.4 Å². The van der Waals surface area contributed by atoms with Crippen molar-refractivity contribution in [2.75, 3.05) is 25.5 Å². The maximum Gasteiger partial charge on any atom is 0.257 e. The summed E-state index contributed by atoms with van der Waals surface area (Å²) in [5.41, 5.74) is 2.98. The molecule has 6 nitrogen and oxygen atoms in total. The van der Waals surface area contributed by atoms with E-state index >= 15 is 0 Å². The van der Waals surface area contributed by atoms with E-state index < -0.39 is 0 Å². The number of methoxy groups -OCH3 is 1. The SMILES string of the molecule is CCC(=O)N1CCC(c2nc(C)ccc2C(=O)Nc2cccc(OC)c2)CC1. The van der Waals surface area contributed by atoms with E-state index in [2.05, 4.69) is 5.32 Å². The van der Waals surface area contributed by atoms with E-state index in [0.29, 0.717) is 36.5 Å². The third-order valence-electron chi connectivity index (χ3n) is 5.17. The van der Waals surface area contributed by atoms with Gasteiger partial charge in [-0.15, -0.1) is 0 Å². The van der Waals surface area contributed by atoms with Crippen molar-refractivity contribution in [3.8, 4) is 5.75 Å². The Morgan fingerprint density at radius 1 is 1.21 bits per heavy atom. The summed E-state index contributed by atoms with van der Waals surface area (Å²) in [4.78, 5) is 31.5. The number of likely N-dealkylation sites (tertiary alicyclic amines) is 1. The number of rotatable bonds is 5. The van der Waals surface area contributed by atoms with E-state index in [1.165, 1.54) is 0 Å². The molecule has 1 N–H and O–H groups in total. The molecule has 0 aliphatic carbocycles. The molecule has 2 aromatic rings. The van der Waals surface area contributed by atoms with Crippen LogP contribution in [-0.2, 0) is 4.79 Å². The summed E-state index contributed by atoms with van der Waals surface area (Å²) in [5, 5.41) is 2.94. The number of aryl methyl sites for hydroxylation is 1. The first-order chi connectivity index (χ1) is 13.5. The molecule has 3 rings (SSSR count). The Morgan fingerprint density at radius 3 is 2.64 bits per heavy atom. The van der Waals surface area contributed by atoms with E-state index in [1.54, 1.807) is 13.2 Å². The smallest absolute Gasteiger partial charge is 0.257 e. The van der Waals surface area contributed by atoms with Gasteiger partial charge in [-0.25, -0.2) is 0 Å². The van der Waals surface area contributed by atoms with Gasteiger partial charge in [0.1, 0.15) is 5.75 Å². The van der Waals surface area contributed by atoms with Crippen LogP contribution in [-0.4, -0.2) is 41.9 Å². The minimum Gasteiger partial charge on any atom is -0.497 e. The van der Waals surface area contributed by atoms with Crippen molar-refractivity contribution >= 4 is 17.5 Å². The van der Waals surface area contributed by atoms with Crippen molar-refractivity contribution in [1.29, 1.82) is 0 Å². The molecule has 148 valence electrons. The third-order valence-corrected chi connectivity index (χ3v) is 5.17. The fourth-order valence-corrected chi connectivity index (χ4v) is 3.61. The summed E-state index contributed by atoms with van der Waals surface area (Å²) in [6.45, 7) is 5.24. The summed E-state index contributed by atoms with van der Waals surface area (Å²) in [7, 11) is 1.60. The Hall–Kier alpha value is -2.89. The topological polar surface area (TPSA) is 71.5 Å². The lowest BCUT2D eigenvalue weighted by Crippen LogP contribution is -2.38. The number of anilines is 1. The van der Waals surface area contributed by atoms with Gasteiger partial charge in [0.2, 0.25) is 5.91 Å². The van der Waals surface area contributed by atoms with Gasteiger partial charge in [-0.05, 0) is 44.0 Å². The number of benzene rings is 1. The Labute approximate surface area is 165 Å². The van der Waals surface area contributed by atoms with Crippen LogP contribution in [0.1, 0.15) is 53.8 Å². The normalized spacial score (nSPS) is 14.6. The first-order valence-electron chi connectivity index (χ1n) is 9.72. The molecule has 0 atom stereocenters. The van der Waals surface area contributed by atoms with E-state index in [1.807, 2.05) is 49.1 Å². The van der Waals surface area contributed by atoms with Crippen molar-refractivity contribution in [1.82, 2.24) is 9.88 Å². The highest BCUT2D eigenvalue weighted by Crippen LogP contribution is 2.30. The Balaban J connectivity index is 1.79. The number of nitrogens with one attached hydrogen (secondary N) is 1. The summed E-state index contributed by atoms with van der Waals surface area (Å²) in [5.74, 6) is 0.870. The van der Waals surface area contributed by atoms with Gasteiger partial charge in [0.25, 0.3) is 5.91 Å². The number of hydrogen-bond acceptors (Lipinski definition) is 4. The number of pyridine rings is 1. The van der Waals surface area contributed by atoms with Crippen LogP contribution in [0.4, 0.5) is 5.69 Å². The number of ether oxygens (including phenoxy) is 1. The number of aromatic nitrogens is 1. The van der Waals surface area contributed by atoms with Gasteiger partial charge in [-0.2, -0.15) is 0 Å². The standard InChI is InChI=1S/C22H27N3O3/c1-4-20(26)25-12-10-16(11-13-25)21-19(9-8-15(2)23-21)22(27)24-17-6-5-7-18(14-17)28-3/h5-9,14,16H,4,10-13H2,1-3H3,(H,24,27). The van der Waals surface area contributed by atoms with Crippen LogP contribution in [0.3, 0.4) is 0 Å². The zero-order valence-electron chi connectivity index (χ0n) is 16.7. The lowest BCUT2D eigenvalue weighted by molar-refractivity contribution is -0.131. The van der Waals surface area contributed by atoms with Crippen LogP contribution in [0.15, 0.2) is 36.4 Å². The molecule has 1 aromatic heterocycles. The third kappa shape index (κ3) is 4.50. The first-order valence-corrected chi connectivity index (χ1v) is 9.72. The first kappa shape index (κ1) is 19.9. The van der Waals surface area contributed by atoms with Crippen LogP contribution >= 0.6 is 0 Å². The van der Waals surface area contributed by atoms with Crippen LogP contribution < -0.4 is 10.1 Å². The van der Waals surface area contributed by atoms with Crippen LogP contribution in [0.2, 0.25) is 0 Å². The molecule has 1 aromatic carbocycles. The Kier molecular flexibility index (Phi) is 6.29. The highest BCUT2D eigenvalue weighted by Gasteiger charge is 2.27. The van der Waals surface area contributed by atoms with Crippen molar-refractivity contribution in [2.45, 2.75) is 39.0 Å². The minimum absolute atomic E-state index is 0.173. The molecular weight excluding hydrogens is 354 g/mol. The van der Waals surface area contributed by atoms with E-state index in [4.69, 9.17) is 9.72 Å². The average Bonchev–Trinajstić information content (AvgIpc) is 2.73. The van der Waals surface area contributed by atoms with Crippen molar-refractivity contribution in [3.63, 3.8) is 0 Å². The van der Waals surface area contributed by atoms with Gasteiger partial charge >= 0.3 is 0 Å². The highest BCUT2D eigenvalue weighted by molar-refractivity contribution is 6.05.